The van der Waals surface area contributed by atoms with Gasteiger partial charge in [0.1, 0.15) is 5.70 Å². The van der Waals surface area contributed by atoms with Gasteiger partial charge in [-0.25, -0.2) is 0 Å². The third-order valence-corrected chi connectivity index (χ3v) is 5.68. The van der Waals surface area contributed by atoms with Gasteiger partial charge in [-0.2, -0.15) is 0 Å². The van der Waals surface area contributed by atoms with Crippen molar-refractivity contribution in [1.82, 2.24) is 5.32 Å². The van der Waals surface area contributed by atoms with E-state index < -0.39 is 11.8 Å². The zero-order chi connectivity index (χ0) is 24.3. The predicted molar refractivity (Wildman–Crippen MR) is 136 cm³/mol. The highest BCUT2D eigenvalue weighted by molar-refractivity contribution is 8.00. The van der Waals surface area contributed by atoms with Crippen LogP contribution in [0.25, 0.3) is 6.08 Å². The summed E-state index contributed by atoms with van der Waals surface area (Å²) in [5, 5.41) is 5.99. The second-order valence-corrected chi connectivity index (χ2v) is 8.49. The van der Waals surface area contributed by atoms with Crippen molar-refractivity contribution in [1.29, 1.82) is 0 Å². The van der Waals surface area contributed by atoms with Gasteiger partial charge in [0.2, 0.25) is 0 Å². The van der Waals surface area contributed by atoms with E-state index in [1.54, 1.807) is 91.9 Å². The van der Waals surface area contributed by atoms with E-state index in [9.17, 15) is 14.4 Å². The van der Waals surface area contributed by atoms with Crippen molar-refractivity contribution in [2.24, 2.45) is 0 Å². The van der Waals surface area contributed by atoms with E-state index in [-0.39, 0.29) is 17.4 Å². The molecule has 0 spiro atoms. The molecular weight excluding hydrogens is 472 g/mol. The summed E-state index contributed by atoms with van der Waals surface area (Å²) in [6, 6.07) is 22.6. The molecule has 0 saturated carbocycles. The van der Waals surface area contributed by atoms with Crippen LogP contribution in [-0.2, 0) is 14.3 Å². The van der Waals surface area contributed by atoms with E-state index >= 15 is 0 Å². The Morgan fingerprint density at radius 1 is 0.971 bits per heavy atom. The molecule has 0 bridgehead atoms. The largest absolute Gasteiger partial charge is 0.465 e. The van der Waals surface area contributed by atoms with Crippen LogP contribution in [0.3, 0.4) is 0 Å². The fourth-order valence-electron chi connectivity index (χ4n) is 2.88. The van der Waals surface area contributed by atoms with Gasteiger partial charge in [0.05, 0.1) is 12.4 Å². The van der Waals surface area contributed by atoms with Crippen molar-refractivity contribution in [3.8, 4) is 0 Å². The molecule has 0 aliphatic heterocycles. The Morgan fingerprint density at radius 2 is 1.71 bits per heavy atom. The Labute approximate surface area is 207 Å². The fourth-order valence-corrected chi connectivity index (χ4v) is 3.78. The van der Waals surface area contributed by atoms with Gasteiger partial charge in [-0.3, -0.25) is 14.4 Å². The summed E-state index contributed by atoms with van der Waals surface area (Å²) in [7, 11) is 0. The predicted octanol–water partition coefficient (Wildman–Crippen LogP) is 5.40. The molecule has 8 heteroatoms. The minimum Gasteiger partial charge on any atom is -0.465 e. The third kappa shape index (κ3) is 7.79. The van der Waals surface area contributed by atoms with Crippen LogP contribution in [0.15, 0.2) is 89.5 Å². The number of anilines is 1. The lowest BCUT2D eigenvalue weighted by molar-refractivity contribution is -0.139. The maximum Gasteiger partial charge on any atom is 0.316 e. The number of hydrogen-bond donors (Lipinski definition) is 2. The van der Waals surface area contributed by atoms with Crippen LogP contribution in [0.5, 0.6) is 0 Å². The second kappa shape index (κ2) is 12.6. The van der Waals surface area contributed by atoms with Crippen molar-refractivity contribution >= 4 is 52.9 Å². The highest BCUT2D eigenvalue weighted by Crippen LogP contribution is 2.21. The van der Waals surface area contributed by atoms with E-state index in [2.05, 4.69) is 10.6 Å². The summed E-state index contributed by atoms with van der Waals surface area (Å²) in [6.45, 7) is 2.10. The number of benzene rings is 3. The third-order valence-electron chi connectivity index (χ3n) is 4.46. The molecule has 2 N–H and O–H groups in total. The number of esters is 1. The van der Waals surface area contributed by atoms with Gasteiger partial charge in [-0.05, 0) is 67.1 Å². The number of carbonyl (C=O) groups excluding carboxylic acids is 3. The van der Waals surface area contributed by atoms with Gasteiger partial charge in [0.25, 0.3) is 11.8 Å². The van der Waals surface area contributed by atoms with Crippen molar-refractivity contribution < 1.29 is 19.1 Å². The molecule has 0 atom stereocenters. The van der Waals surface area contributed by atoms with Gasteiger partial charge >= 0.3 is 5.97 Å². The molecule has 34 heavy (non-hydrogen) atoms. The Kier molecular flexibility index (Phi) is 9.31. The summed E-state index contributed by atoms with van der Waals surface area (Å²) < 4.78 is 4.92. The number of hydrogen-bond acceptors (Lipinski definition) is 5. The summed E-state index contributed by atoms with van der Waals surface area (Å²) in [5.74, 6) is -0.974. The SMILES string of the molecule is CCOC(=O)CSc1ccc(NC(=O)/C(=C/c2cccc(Cl)c2)NC(=O)c2ccccc2)cc1. The van der Waals surface area contributed by atoms with Crippen LogP contribution in [-0.4, -0.2) is 30.1 Å². The van der Waals surface area contributed by atoms with E-state index in [1.165, 1.54) is 11.8 Å². The smallest absolute Gasteiger partial charge is 0.316 e. The van der Waals surface area contributed by atoms with Gasteiger partial charge in [-0.1, -0.05) is 41.9 Å². The molecule has 3 rings (SSSR count). The topological polar surface area (TPSA) is 84.5 Å². The zero-order valence-electron chi connectivity index (χ0n) is 18.4. The molecule has 2 amide bonds. The van der Waals surface area contributed by atoms with Crippen LogP contribution in [0.4, 0.5) is 5.69 Å². The lowest BCUT2D eigenvalue weighted by atomic mass is 10.1. The molecule has 174 valence electrons. The average molecular weight is 495 g/mol. The molecule has 0 aliphatic carbocycles. The highest BCUT2D eigenvalue weighted by Gasteiger charge is 2.15. The summed E-state index contributed by atoms with van der Waals surface area (Å²) in [5.41, 5.74) is 1.69. The Morgan fingerprint density at radius 3 is 2.38 bits per heavy atom. The molecule has 3 aromatic rings. The first-order valence-electron chi connectivity index (χ1n) is 10.5. The summed E-state index contributed by atoms with van der Waals surface area (Å²) in [6.07, 6.45) is 1.56. The molecule has 0 radical (unpaired) electrons. The molecule has 6 nitrogen and oxygen atoms in total. The minimum atomic E-state index is -0.490. The van der Waals surface area contributed by atoms with Crippen molar-refractivity contribution in [2.45, 2.75) is 11.8 Å². The molecule has 0 unspecified atom stereocenters. The van der Waals surface area contributed by atoms with Crippen LogP contribution >= 0.6 is 23.4 Å². The lowest BCUT2D eigenvalue weighted by Crippen LogP contribution is -2.30. The van der Waals surface area contributed by atoms with Crippen molar-refractivity contribution in [3.63, 3.8) is 0 Å². The maximum absolute atomic E-state index is 13.0. The molecule has 0 fully saturated rings. The van der Waals surface area contributed by atoms with Crippen LogP contribution in [0.1, 0.15) is 22.8 Å². The van der Waals surface area contributed by atoms with E-state index in [4.69, 9.17) is 16.3 Å². The van der Waals surface area contributed by atoms with Gasteiger partial charge in [-0.15, -0.1) is 11.8 Å². The van der Waals surface area contributed by atoms with E-state index in [0.29, 0.717) is 28.4 Å². The number of thioether (sulfide) groups is 1. The standard InChI is InChI=1S/C26H23ClN2O4S/c1-2-33-24(30)17-34-22-13-11-21(12-14-22)28-26(32)23(16-18-7-6-10-20(27)15-18)29-25(31)19-8-4-3-5-9-19/h3-16H,2,17H2,1H3,(H,28,32)(H,29,31)/b23-16-. The zero-order valence-corrected chi connectivity index (χ0v) is 20.0. The molecular formula is C26H23ClN2O4S. The first-order chi connectivity index (χ1) is 16.4. The average Bonchev–Trinajstić information content (AvgIpc) is 2.84. The van der Waals surface area contributed by atoms with Crippen molar-refractivity contribution in [3.05, 3.63) is 101 Å². The summed E-state index contributed by atoms with van der Waals surface area (Å²) >= 11 is 7.41. The Balaban J connectivity index is 1.74. The van der Waals surface area contributed by atoms with E-state index in [1.807, 2.05) is 0 Å². The van der Waals surface area contributed by atoms with Gasteiger partial charge in [0.15, 0.2) is 0 Å². The molecule has 0 saturated heterocycles. The minimum absolute atomic E-state index is 0.0666. The number of amides is 2. The molecule has 3 aromatic carbocycles. The van der Waals surface area contributed by atoms with Crippen LogP contribution in [0.2, 0.25) is 5.02 Å². The van der Waals surface area contributed by atoms with Crippen molar-refractivity contribution in [2.75, 3.05) is 17.7 Å². The Bertz CT molecular complexity index is 1180. The monoisotopic (exact) mass is 494 g/mol. The lowest BCUT2D eigenvalue weighted by Gasteiger charge is -2.12. The quantitative estimate of drug-likeness (QED) is 0.236. The fraction of sp³-hybridized carbons (Fsp3) is 0.115. The number of nitrogens with one attached hydrogen (secondary N) is 2. The van der Waals surface area contributed by atoms with Gasteiger partial charge < -0.3 is 15.4 Å². The first-order valence-corrected chi connectivity index (χ1v) is 11.8. The molecule has 0 aliphatic rings. The first kappa shape index (κ1) is 25.1. The number of halogens is 1. The maximum atomic E-state index is 13.0. The van der Waals surface area contributed by atoms with Gasteiger partial charge in [0, 0.05) is 21.2 Å². The normalized spacial score (nSPS) is 10.9. The molecule has 0 aromatic heterocycles. The second-order valence-electron chi connectivity index (χ2n) is 7.01. The number of carbonyl (C=O) groups is 3. The number of ether oxygens (including phenoxy) is 1. The Hall–Kier alpha value is -3.55. The van der Waals surface area contributed by atoms with Crippen LogP contribution < -0.4 is 10.6 Å². The highest BCUT2D eigenvalue weighted by atomic mass is 35.5. The number of rotatable bonds is 9. The van der Waals surface area contributed by atoms with Crippen LogP contribution in [0, 0.1) is 0 Å². The van der Waals surface area contributed by atoms with E-state index in [0.717, 1.165) is 4.90 Å². The summed E-state index contributed by atoms with van der Waals surface area (Å²) in [4.78, 5) is 38.1. The molecule has 0 heterocycles.